The first kappa shape index (κ1) is 22.2. The zero-order valence-corrected chi connectivity index (χ0v) is 16.6. The molecule has 1 aliphatic carbocycles. The maximum atomic E-state index is 12.4. The van der Waals surface area contributed by atoms with Crippen molar-refractivity contribution in [2.24, 2.45) is 11.8 Å². The van der Waals surface area contributed by atoms with Crippen molar-refractivity contribution >= 4 is 24.3 Å². The zero-order chi connectivity index (χ0) is 17.7. The zero-order valence-electron chi connectivity index (χ0n) is 15.7. The molecular weight excluding hydrogens is 342 g/mol. The summed E-state index contributed by atoms with van der Waals surface area (Å²) in [6.45, 7) is 6.80. The Bertz CT molecular complexity index is 441. The number of hydrogen-bond donors (Lipinski definition) is 2. The number of nitrogens with one attached hydrogen (secondary N) is 1. The van der Waals surface area contributed by atoms with Crippen LogP contribution in [-0.2, 0) is 9.59 Å². The molecule has 0 aromatic heterocycles. The van der Waals surface area contributed by atoms with Gasteiger partial charge in [0.25, 0.3) is 0 Å². The van der Waals surface area contributed by atoms with Crippen LogP contribution in [-0.4, -0.2) is 72.1 Å². The first-order chi connectivity index (χ1) is 11.4. The number of amides is 1. The predicted octanol–water partition coefficient (Wildman–Crippen LogP) is 1.83. The van der Waals surface area contributed by atoms with Crippen LogP contribution in [0.15, 0.2) is 0 Å². The quantitative estimate of drug-likeness (QED) is 0.741. The molecule has 3 unspecified atom stereocenters. The number of halogens is 1. The van der Waals surface area contributed by atoms with Crippen LogP contribution in [0.4, 0.5) is 0 Å². The molecule has 0 aromatic carbocycles. The van der Waals surface area contributed by atoms with Gasteiger partial charge in [0, 0.05) is 25.2 Å². The summed E-state index contributed by atoms with van der Waals surface area (Å²) < 4.78 is 0. The number of carbonyl (C=O) groups excluding carboxylic acids is 1. The highest BCUT2D eigenvalue weighted by molar-refractivity contribution is 5.85. The average Bonchev–Trinajstić information content (AvgIpc) is 2.52. The average molecular weight is 376 g/mol. The molecule has 1 saturated carbocycles. The van der Waals surface area contributed by atoms with E-state index in [1.807, 2.05) is 11.9 Å². The van der Waals surface area contributed by atoms with E-state index in [0.717, 1.165) is 32.4 Å². The van der Waals surface area contributed by atoms with E-state index in [1.54, 1.807) is 0 Å². The van der Waals surface area contributed by atoms with Gasteiger partial charge in [0.2, 0.25) is 5.91 Å². The molecule has 0 bridgehead atoms. The van der Waals surface area contributed by atoms with Gasteiger partial charge in [0.1, 0.15) is 0 Å². The van der Waals surface area contributed by atoms with Crippen LogP contribution in [0, 0.1) is 11.8 Å². The number of rotatable bonds is 6. The van der Waals surface area contributed by atoms with Crippen molar-refractivity contribution in [2.75, 3.05) is 33.2 Å². The Morgan fingerprint density at radius 1 is 1.16 bits per heavy atom. The van der Waals surface area contributed by atoms with Gasteiger partial charge >= 0.3 is 5.97 Å². The molecule has 7 heteroatoms. The van der Waals surface area contributed by atoms with Crippen molar-refractivity contribution in [1.82, 2.24) is 15.1 Å². The maximum absolute atomic E-state index is 12.4. The molecule has 3 atom stereocenters. The highest BCUT2D eigenvalue weighted by Gasteiger charge is 2.29. The summed E-state index contributed by atoms with van der Waals surface area (Å²) in [7, 11) is 1.87. The van der Waals surface area contributed by atoms with Crippen LogP contribution in [0.1, 0.15) is 46.0 Å². The molecule has 2 rings (SSSR count). The minimum absolute atomic E-state index is 0. The molecule has 146 valence electrons. The van der Waals surface area contributed by atoms with Crippen molar-refractivity contribution in [2.45, 2.75) is 58.0 Å². The molecule has 0 aromatic rings. The number of carboxylic acid groups (broad SMARTS) is 1. The predicted molar refractivity (Wildman–Crippen MR) is 101 cm³/mol. The molecule has 1 saturated heterocycles. The third kappa shape index (κ3) is 6.76. The second kappa shape index (κ2) is 10.3. The van der Waals surface area contributed by atoms with E-state index >= 15 is 0 Å². The van der Waals surface area contributed by atoms with E-state index < -0.39 is 5.97 Å². The van der Waals surface area contributed by atoms with Crippen molar-refractivity contribution in [3.63, 3.8) is 0 Å². The molecule has 25 heavy (non-hydrogen) atoms. The lowest BCUT2D eigenvalue weighted by Gasteiger charge is -2.37. The standard InChI is InChI=1S/C18H33N3O3.ClH/c1-13-5-4-6-16(14(13)2)19-17(22)11-21-9-7-15(8-10-21)20(3)12-18(23)24;/h13-16H,4-12H2,1-3H3,(H,19,22)(H,23,24);1H. The largest absolute Gasteiger partial charge is 0.480 e. The third-order valence-corrected chi connectivity index (χ3v) is 5.99. The molecule has 0 spiro atoms. The molecule has 1 aliphatic heterocycles. The van der Waals surface area contributed by atoms with Crippen molar-refractivity contribution < 1.29 is 14.7 Å². The fourth-order valence-corrected chi connectivity index (χ4v) is 4.10. The Hall–Kier alpha value is -0.850. The first-order valence-electron chi connectivity index (χ1n) is 9.30. The van der Waals surface area contributed by atoms with Crippen LogP contribution in [0.25, 0.3) is 0 Å². The van der Waals surface area contributed by atoms with Gasteiger partial charge in [0.05, 0.1) is 13.1 Å². The fourth-order valence-electron chi connectivity index (χ4n) is 4.10. The number of hydrogen-bond acceptors (Lipinski definition) is 4. The van der Waals surface area contributed by atoms with E-state index in [2.05, 4.69) is 24.1 Å². The minimum atomic E-state index is -0.782. The van der Waals surface area contributed by atoms with E-state index in [0.29, 0.717) is 30.5 Å². The van der Waals surface area contributed by atoms with Crippen molar-refractivity contribution in [3.8, 4) is 0 Å². The Morgan fingerprint density at radius 2 is 1.80 bits per heavy atom. The van der Waals surface area contributed by atoms with Crippen molar-refractivity contribution in [3.05, 3.63) is 0 Å². The van der Waals surface area contributed by atoms with Crippen LogP contribution >= 0.6 is 12.4 Å². The molecule has 2 aliphatic rings. The number of carbonyl (C=O) groups is 2. The number of piperidine rings is 1. The monoisotopic (exact) mass is 375 g/mol. The summed E-state index contributed by atoms with van der Waals surface area (Å²) in [6, 6.07) is 0.625. The second-order valence-corrected chi connectivity index (χ2v) is 7.76. The van der Waals surface area contributed by atoms with E-state index in [1.165, 1.54) is 12.8 Å². The Morgan fingerprint density at radius 3 is 2.40 bits per heavy atom. The molecule has 2 N–H and O–H groups in total. The normalized spacial score (nSPS) is 28.4. The fraction of sp³-hybridized carbons (Fsp3) is 0.889. The lowest BCUT2D eigenvalue weighted by atomic mass is 9.78. The maximum Gasteiger partial charge on any atom is 0.317 e. The van der Waals surface area contributed by atoms with Gasteiger partial charge in [0.15, 0.2) is 0 Å². The van der Waals surface area contributed by atoms with Gasteiger partial charge in [-0.15, -0.1) is 12.4 Å². The van der Waals surface area contributed by atoms with E-state index in [9.17, 15) is 9.59 Å². The number of likely N-dealkylation sites (N-methyl/N-ethyl adjacent to an activating group) is 1. The SMILES string of the molecule is CC1CCCC(NC(=O)CN2CCC(N(C)CC(=O)O)CC2)C1C.Cl. The van der Waals surface area contributed by atoms with Gasteiger partial charge in [-0.1, -0.05) is 26.7 Å². The molecular formula is C18H34ClN3O3. The molecule has 0 radical (unpaired) electrons. The van der Waals surface area contributed by atoms with Crippen LogP contribution in [0.3, 0.4) is 0 Å². The Kier molecular flexibility index (Phi) is 9.17. The summed E-state index contributed by atoms with van der Waals surface area (Å²) >= 11 is 0. The molecule has 1 amide bonds. The number of likely N-dealkylation sites (tertiary alicyclic amines) is 1. The lowest BCUT2D eigenvalue weighted by Crippen LogP contribution is -2.50. The number of nitrogens with zero attached hydrogens (tertiary/aromatic N) is 2. The van der Waals surface area contributed by atoms with Gasteiger partial charge in [-0.2, -0.15) is 0 Å². The second-order valence-electron chi connectivity index (χ2n) is 7.76. The summed E-state index contributed by atoms with van der Waals surface area (Å²) in [5.41, 5.74) is 0. The minimum Gasteiger partial charge on any atom is -0.480 e. The summed E-state index contributed by atoms with van der Waals surface area (Å²) in [5.74, 6) is 0.594. The van der Waals surface area contributed by atoms with Gasteiger partial charge in [-0.05, 0) is 38.1 Å². The lowest BCUT2D eigenvalue weighted by molar-refractivity contribution is -0.138. The van der Waals surface area contributed by atoms with Crippen LogP contribution in [0.5, 0.6) is 0 Å². The summed E-state index contributed by atoms with van der Waals surface area (Å²) in [4.78, 5) is 27.2. The number of aliphatic carboxylic acids is 1. The summed E-state index contributed by atoms with van der Waals surface area (Å²) in [6.07, 6.45) is 5.42. The van der Waals surface area contributed by atoms with E-state index in [4.69, 9.17) is 5.11 Å². The van der Waals surface area contributed by atoms with Gasteiger partial charge in [-0.3, -0.25) is 19.4 Å². The van der Waals surface area contributed by atoms with Gasteiger partial charge < -0.3 is 10.4 Å². The topological polar surface area (TPSA) is 72.9 Å². The van der Waals surface area contributed by atoms with E-state index in [-0.39, 0.29) is 24.9 Å². The van der Waals surface area contributed by atoms with Gasteiger partial charge in [-0.25, -0.2) is 0 Å². The molecule has 2 fully saturated rings. The summed E-state index contributed by atoms with van der Waals surface area (Å²) in [5, 5.41) is 12.1. The smallest absolute Gasteiger partial charge is 0.317 e. The third-order valence-electron chi connectivity index (χ3n) is 5.99. The highest BCUT2D eigenvalue weighted by Crippen LogP contribution is 2.29. The molecule has 6 nitrogen and oxygen atoms in total. The molecule has 1 heterocycles. The van der Waals surface area contributed by atoms with Crippen LogP contribution in [0.2, 0.25) is 0 Å². The highest BCUT2D eigenvalue weighted by atomic mass is 35.5. The first-order valence-corrected chi connectivity index (χ1v) is 9.30. The van der Waals surface area contributed by atoms with Crippen molar-refractivity contribution in [1.29, 1.82) is 0 Å². The Labute approximate surface area is 157 Å². The van der Waals surface area contributed by atoms with Crippen LogP contribution < -0.4 is 5.32 Å². The number of carboxylic acids is 1. The Balaban J connectivity index is 0.00000312.